The lowest BCUT2D eigenvalue weighted by Crippen LogP contribution is -2.01. The standard InChI is InChI=1S/C10H13NO3S/c12-10(13)4-7-6-11-9(14-7)5-8-2-1-3-15-8/h6,8H,1-5H2,(H,12,13). The van der Waals surface area contributed by atoms with Gasteiger partial charge in [0, 0.05) is 11.7 Å². The molecular weight excluding hydrogens is 214 g/mol. The molecule has 2 rings (SSSR count). The van der Waals surface area contributed by atoms with Gasteiger partial charge in [-0.15, -0.1) is 0 Å². The summed E-state index contributed by atoms with van der Waals surface area (Å²) in [6, 6.07) is 0. The van der Waals surface area contributed by atoms with E-state index in [1.165, 1.54) is 24.8 Å². The Morgan fingerprint density at radius 3 is 3.27 bits per heavy atom. The summed E-state index contributed by atoms with van der Waals surface area (Å²) in [6.07, 6.45) is 4.73. The number of thioether (sulfide) groups is 1. The van der Waals surface area contributed by atoms with Gasteiger partial charge in [-0.25, -0.2) is 4.98 Å². The topological polar surface area (TPSA) is 63.3 Å². The Morgan fingerprint density at radius 2 is 2.60 bits per heavy atom. The summed E-state index contributed by atoms with van der Waals surface area (Å²) in [5, 5.41) is 9.17. The first-order valence-corrected chi connectivity index (χ1v) is 6.06. The van der Waals surface area contributed by atoms with Gasteiger partial charge in [0.1, 0.15) is 12.2 Å². The van der Waals surface area contributed by atoms with Crippen molar-refractivity contribution in [3.63, 3.8) is 0 Å². The van der Waals surface area contributed by atoms with Gasteiger partial charge in [0.15, 0.2) is 5.89 Å². The van der Waals surface area contributed by atoms with E-state index in [0.717, 1.165) is 6.42 Å². The number of hydrogen-bond donors (Lipinski definition) is 1. The molecule has 1 aliphatic rings. The van der Waals surface area contributed by atoms with E-state index in [4.69, 9.17) is 9.52 Å². The molecule has 5 heteroatoms. The number of carbonyl (C=O) groups is 1. The summed E-state index contributed by atoms with van der Waals surface area (Å²) in [6.45, 7) is 0. The molecule has 0 aromatic carbocycles. The highest BCUT2D eigenvalue weighted by molar-refractivity contribution is 8.00. The third-order valence-corrected chi connectivity index (χ3v) is 3.75. The van der Waals surface area contributed by atoms with E-state index in [9.17, 15) is 4.79 Å². The van der Waals surface area contributed by atoms with Crippen LogP contribution in [0.3, 0.4) is 0 Å². The van der Waals surface area contributed by atoms with Crippen LogP contribution in [-0.2, 0) is 17.6 Å². The smallest absolute Gasteiger partial charge is 0.311 e. The van der Waals surface area contributed by atoms with Crippen molar-refractivity contribution in [1.29, 1.82) is 0 Å². The summed E-state index contributed by atoms with van der Waals surface area (Å²) >= 11 is 1.94. The molecule has 0 spiro atoms. The summed E-state index contributed by atoms with van der Waals surface area (Å²) in [4.78, 5) is 14.5. The molecular formula is C10H13NO3S. The van der Waals surface area contributed by atoms with Gasteiger partial charge in [-0.3, -0.25) is 4.79 Å². The second-order valence-electron chi connectivity index (χ2n) is 3.63. The average Bonchev–Trinajstić information content (AvgIpc) is 2.77. The second kappa shape index (κ2) is 4.70. The van der Waals surface area contributed by atoms with Gasteiger partial charge in [0.25, 0.3) is 0 Å². The van der Waals surface area contributed by atoms with Crippen LogP contribution >= 0.6 is 11.8 Å². The Kier molecular flexibility index (Phi) is 3.30. The monoisotopic (exact) mass is 227 g/mol. The maximum Gasteiger partial charge on any atom is 0.311 e. The molecule has 1 aromatic heterocycles. The van der Waals surface area contributed by atoms with Crippen LogP contribution in [0.5, 0.6) is 0 Å². The van der Waals surface area contributed by atoms with Crippen LogP contribution in [0.25, 0.3) is 0 Å². The van der Waals surface area contributed by atoms with Crippen LogP contribution in [-0.4, -0.2) is 27.1 Å². The van der Waals surface area contributed by atoms with Gasteiger partial charge < -0.3 is 9.52 Å². The van der Waals surface area contributed by atoms with Gasteiger partial charge in [0.05, 0.1) is 6.20 Å². The summed E-state index contributed by atoms with van der Waals surface area (Å²) < 4.78 is 5.35. The zero-order valence-corrected chi connectivity index (χ0v) is 9.13. The maximum atomic E-state index is 10.4. The van der Waals surface area contributed by atoms with Crippen molar-refractivity contribution in [2.75, 3.05) is 5.75 Å². The molecule has 0 saturated carbocycles. The van der Waals surface area contributed by atoms with Crippen molar-refractivity contribution >= 4 is 17.7 Å². The highest BCUT2D eigenvalue weighted by Gasteiger charge is 2.18. The van der Waals surface area contributed by atoms with E-state index < -0.39 is 5.97 Å². The molecule has 0 bridgehead atoms. The number of nitrogens with zero attached hydrogens (tertiary/aromatic N) is 1. The Balaban J connectivity index is 1.91. The van der Waals surface area contributed by atoms with Crippen LogP contribution in [0.15, 0.2) is 10.6 Å². The maximum absolute atomic E-state index is 10.4. The van der Waals surface area contributed by atoms with E-state index in [1.54, 1.807) is 0 Å². The van der Waals surface area contributed by atoms with Crippen LogP contribution in [0.1, 0.15) is 24.5 Å². The molecule has 0 aliphatic carbocycles. The lowest BCUT2D eigenvalue weighted by atomic mass is 10.2. The third-order valence-electron chi connectivity index (χ3n) is 2.35. The van der Waals surface area contributed by atoms with Crippen LogP contribution in [0.4, 0.5) is 0 Å². The summed E-state index contributed by atoms with van der Waals surface area (Å²) in [7, 11) is 0. The summed E-state index contributed by atoms with van der Waals surface area (Å²) in [5.41, 5.74) is 0. The van der Waals surface area contributed by atoms with E-state index in [2.05, 4.69) is 4.98 Å². The first-order valence-electron chi connectivity index (χ1n) is 5.01. The fraction of sp³-hybridized carbons (Fsp3) is 0.600. The molecule has 82 valence electrons. The molecule has 1 aromatic rings. The van der Waals surface area contributed by atoms with Gasteiger partial charge in [-0.1, -0.05) is 0 Å². The Hall–Kier alpha value is -0.970. The fourth-order valence-corrected chi connectivity index (χ4v) is 2.93. The first kappa shape index (κ1) is 10.5. The number of carboxylic acids is 1. The predicted octanol–water partition coefficient (Wildman–Crippen LogP) is 1.74. The van der Waals surface area contributed by atoms with Crippen molar-refractivity contribution < 1.29 is 14.3 Å². The molecule has 1 aliphatic heterocycles. The molecule has 0 amide bonds. The lowest BCUT2D eigenvalue weighted by Gasteiger charge is -2.03. The molecule has 1 saturated heterocycles. The molecule has 15 heavy (non-hydrogen) atoms. The Morgan fingerprint density at radius 1 is 1.73 bits per heavy atom. The highest BCUT2D eigenvalue weighted by atomic mass is 32.2. The number of aromatic nitrogens is 1. The minimum absolute atomic E-state index is 0.0786. The largest absolute Gasteiger partial charge is 0.481 e. The van der Waals surface area contributed by atoms with E-state index in [1.807, 2.05) is 11.8 Å². The molecule has 4 nitrogen and oxygen atoms in total. The third kappa shape index (κ3) is 2.99. The molecule has 2 heterocycles. The van der Waals surface area contributed by atoms with Crippen LogP contribution < -0.4 is 0 Å². The molecule has 1 unspecified atom stereocenters. The van der Waals surface area contributed by atoms with Crippen molar-refractivity contribution in [2.45, 2.75) is 30.9 Å². The van der Waals surface area contributed by atoms with Crippen molar-refractivity contribution in [3.05, 3.63) is 17.8 Å². The molecule has 1 atom stereocenters. The zero-order valence-electron chi connectivity index (χ0n) is 8.31. The normalized spacial score (nSPS) is 20.7. The van der Waals surface area contributed by atoms with E-state index in [-0.39, 0.29) is 6.42 Å². The number of hydrogen-bond acceptors (Lipinski definition) is 4. The number of rotatable bonds is 4. The van der Waals surface area contributed by atoms with E-state index in [0.29, 0.717) is 16.9 Å². The molecule has 1 N–H and O–H groups in total. The fourth-order valence-electron chi connectivity index (χ4n) is 1.67. The van der Waals surface area contributed by atoms with Gasteiger partial charge >= 0.3 is 5.97 Å². The van der Waals surface area contributed by atoms with Crippen molar-refractivity contribution in [1.82, 2.24) is 4.98 Å². The van der Waals surface area contributed by atoms with Gasteiger partial charge in [0.2, 0.25) is 0 Å². The van der Waals surface area contributed by atoms with Crippen molar-refractivity contribution in [3.8, 4) is 0 Å². The van der Waals surface area contributed by atoms with Gasteiger partial charge in [-0.2, -0.15) is 11.8 Å². The Labute approximate surface area is 92.1 Å². The zero-order chi connectivity index (χ0) is 10.7. The average molecular weight is 227 g/mol. The summed E-state index contributed by atoms with van der Waals surface area (Å²) in [5.74, 6) is 1.45. The number of aliphatic carboxylic acids is 1. The number of oxazole rings is 1. The molecule has 0 radical (unpaired) electrons. The van der Waals surface area contributed by atoms with Crippen LogP contribution in [0, 0.1) is 0 Å². The first-order chi connectivity index (χ1) is 7.24. The SMILES string of the molecule is O=C(O)Cc1cnc(CC2CCCS2)o1. The highest BCUT2D eigenvalue weighted by Crippen LogP contribution is 2.28. The van der Waals surface area contributed by atoms with Crippen molar-refractivity contribution in [2.24, 2.45) is 0 Å². The minimum Gasteiger partial charge on any atom is -0.481 e. The van der Waals surface area contributed by atoms with E-state index >= 15 is 0 Å². The lowest BCUT2D eigenvalue weighted by molar-refractivity contribution is -0.136. The predicted molar refractivity (Wildman–Crippen MR) is 57.0 cm³/mol. The molecule has 1 fully saturated rings. The minimum atomic E-state index is -0.882. The second-order valence-corrected chi connectivity index (χ2v) is 5.04. The number of carboxylic acid groups (broad SMARTS) is 1. The Bertz CT molecular complexity index is 344. The van der Waals surface area contributed by atoms with Crippen LogP contribution in [0.2, 0.25) is 0 Å². The quantitative estimate of drug-likeness (QED) is 0.848. The van der Waals surface area contributed by atoms with Gasteiger partial charge in [-0.05, 0) is 18.6 Å².